The molecule has 0 aliphatic heterocycles. The van der Waals surface area contributed by atoms with Gasteiger partial charge in [-0.3, -0.25) is 5.32 Å². The molecule has 0 bridgehead atoms. The van der Waals surface area contributed by atoms with E-state index in [0.29, 0.717) is 0 Å². The molecule has 2 unspecified atom stereocenters. The molecular weight excluding hydrogens is 188 g/mol. The first-order valence-electron chi connectivity index (χ1n) is 5.17. The second-order valence-electron chi connectivity index (χ2n) is 3.82. The van der Waals surface area contributed by atoms with Crippen molar-refractivity contribution in [3.8, 4) is 0 Å². The van der Waals surface area contributed by atoms with Crippen LogP contribution >= 0.6 is 0 Å². The Hall–Kier alpha value is -1.19. The third-order valence-electron chi connectivity index (χ3n) is 2.52. The first-order valence-corrected chi connectivity index (χ1v) is 5.17. The van der Waals surface area contributed by atoms with Crippen LogP contribution in [0.15, 0.2) is 30.3 Å². The van der Waals surface area contributed by atoms with Crippen molar-refractivity contribution in [3.05, 3.63) is 35.9 Å². The molecule has 3 N–H and O–H groups in total. The van der Waals surface area contributed by atoms with E-state index >= 15 is 0 Å². The average molecular weight is 206 g/mol. The molecule has 82 valence electrons. The van der Waals surface area contributed by atoms with E-state index in [9.17, 15) is 4.79 Å². The number of carbonyl (C=O) groups is 1. The Morgan fingerprint density at radius 2 is 1.87 bits per heavy atom. The molecule has 0 aliphatic carbocycles. The van der Waals surface area contributed by atoms with Crippen LogP contribution in [-0.4, -0.2) is 18.5 Å². The summed E-state index contributed by atoms with van der Waals surface area (Å²) in [5.74, 6) is 0.189. The molecule has 1 aromatic carbocycles. The fraction of sp³-hybridized carbons (Fsp3) is 0.417. The van der Waals surface area contributed by atoms with E-state index in [4.69, 9.17) is 5.73 Å². The predicted octanol–water partition coefficient (Wildman–Crippen LogP) is 1.25. The molecule has 1 aromatic rings. The molecular formula is C12H18N2O. The maximum Gasteiger partial charge on any atom is 0.136 e. The van der Waals surface area contributed by atoms with E-state index in [1.807, 2.05) is 37.3 Å². The Balaban J connectivity index is 2.60. The lowest BCUT2D eigenvalue weighted by Crippen LogP contribution is -2.46. The third-order valence-corrected chi connectivity index (χ3v) is 2.52. The summed E-state index contributed by atoms with van der Waals surface area (Å²) >= 11 is 0. The highest BCUT2D eigenvalue weighted by Gasteiger charge is 2.15. The number of nitrogens with two attached hydrogens (primary N) is 1. The van der Waals surface area contributed by atoms with Crippen LogP contribution in [0.1, 0.15) is 25.3 Å². The highest BCUT2D eigenvalue weighted by atomic mass is 16.1. The molecule has 3 nitrogen and oxygen atoms in total. The number of benzene rings is 1. The second kappa shape index (κ2) is 5.63. The minimum Gasteiger partial charge on any atom is -0.315 e. The van der Waals surface area contributed by atoms with Gasteiger partial charge in [0.2, 0.25) is 0 Å². The lowest BCUT2D eigenvalue weighted by molar-refractivity contribution is -0.109. The molecule has 3 atom stereocenters. The molecule has 0 aliphatic rings. The normalized spacial score (nSPS) is 16.7. The van der Waals surface area contributed by atoms with Gasteiger partial charge in [-0.15, -0.1) is 0 Å². The molecule has 0 spiro atoms. The molecule has 0 saturated carbocycles. The standard InChI is InChI=1S/C12H18N2O/c1-9(8-15)14-12(13)10(2)11-6-4-3-5-7-11/h3-10,12,14H,13H2,1-2H3/t9?,10?,12-/m1/s1. The molecule has 0 heterocycles. The summed E-state index contributed by atoms with van der Waals surface area (Å²) in [5, 5.41) is 3.04. The summed E-state index contributed by atoms with van der Waals surface area (Å²) < 4.78 is 0. The van der Waals surface area contributed by atoms with Crippen molar-refractivity contribution < 1.29 is 4.79 Å². The Bertz CT molecular complexity index is 300. The summed E-state index contributed by atoms with van der Waals surface area (Å²) in [6.45, 7) is 3.84. The predicted molar refractivity (Wildman–Crippen MR) is 61.5 cm³/mol. The van der Waals surface area contributed by atoms with Gasteiger partial charge in [0, 0.05) is 5.92 Å². The van der Waals surface area contributed by atoms with Crippen molar-refractivity contribution in [2.24, 2.45) is 5.73 Å². The van der Waals surface area contributed by atoms with Crippen LogP contribution in [0.4, 0.5) is 0 Å². The fourth-order valence-electron chi connectivity index (χ4n) is 1.45. The van der Waals surface area contributed by atoms with Crippen molar-refractivity contribution in [1.82, 2.24) is 5.32 Å². The summed E-state index contributed by atoms with van der Waals surface area (Å²) in [7, 11) is 0. The molecule has 1 rings (SSSR count). The van der Waals surface area contributed by atoms with Gasteiger partial charge in [0.25, 0.3) is 0 Å². The van der Waals surface area contributed by atoms with Crippen molar-refractivity contribution in [2.45, 2.75) is 32.0 Å². The van der Waals surface area contributed by atoms with Crippen LogP contribution in [0.2, 0.25) is 0 Å². The van der Waals surface area contributed by atoms with Gasteiger partial charge in [-0.1, -0.05) is 37.3 Å². The van der Waals surface area contributed by atoms with Crippen molar-refractivity contribution in [1.29, 1.82) is 0 Å². The van der Waals surface area contributed by atoms with E-state index in [1.165, 1.54) is 5.56 Å². The number of aldehydes is 1. The smallest absolute Gasteiger partial charge is 0.136 e. The quantitative estimate of drug-likeness (QED) is 0.563. The minimum atomic E-state index is -0.203. The minimum absolute atomic E-state index is 0.189. The van der Waals surface area contributed by atoms with Crippen LogP contribution in [0.25, 0.3) is 0 Å². The molecule has 0 aromatic heterocycles. The van der Waals surface area contributed by atoms with Crippen LogP contribution in [0.3, 0.4) is 0 Å². The molecule has 15 heavy (non-hydrogen) atoms. The first-order chi connectivity index (χ1) is 7.15. The number of nitrogens with one attached hydrogen (secondary N) is 1. The average Bonchev–Trinajstić information content (AvgIpc) is 2.29. The summed E-state index contributed by atoms with van der Waals surface area (Å²) in [6, 6.07) is 9.83. The zero-order chi connectivity index (χ0) is 11.3. The van der Waals surface area contributed by atoms with E-state index in [2.05, 4.69) is 5.32 Å². The van der Waals surface area contributed by atoms with Crippen LogP contribution in [0.5, 0.6) is 0 Å². The molecule has 0 amide bonds. The van der Waals surface area contributed by atoms with E-state index in [0.717, 1.165) is 6.29 Å². The second-order valence-corrected chi connectivity index (χ2v) is 3.82. The van der Waals surface area contributed by atoms with Gasteiger partial charge in [-0.05, 0) is 12.5 Å². The maximum atomic E-state index is 10.5. The van der Waals surface area contributed by atoms with Crippen LogP contribution in [0, 0.1) is 0 Å². The Morgan fingerprint density at radius 1 is 1.27 bits per heavy atom. The van der Waals surface area contributed by atoms with Gasteiger partial charge in [-0.2, -0.15) is 0 Å². The van der Waals surface area contributed by atoms with Crippen LogP contribution < -0.4 is 11.1 Å². The van der Waals surface area contributed by atoms with Gasteiger partial charge >= 0.3 is 0 Å². The number of hydrogen-bond donors (Lipinski definition) is 2. The summed E-state index contributed by atoms with van der Waals surface area (Å²) in [6.07, 6.45) is 0.657. The third kappa shape index (κ3) is 3.46. The Morgan fingerprint density at radius 3 is 2.40 bits per heavy atom. The van der Waals surface area contributed by atoms with Crippen LogP contribution in [-0.2, 0) is 4.79 Å². The summed E-state index contributed by atoms with van der Waals surface area (Å²) in [4.78, 5) is 10.5. The Labute approximate surface area is 90.7 Å². The monoisotopic (exact) mass is 206 g/mol. The number of rotatable bonds is 5. The summed E-state index contributed by atoms with van der Waals surface area (Å²) in [5.41, 5.74) is 7.13. The number of carbonyl (C=O) groups excluding carboxylic acids is 1. The zero-order valence-corrected chi connectivity index (χ0v) is 9.18. The lowest BCUT2D eigenvalue weighted by Gasteiger charge is -2.23. The van der Waals surface area contributed by atoms with Crippen molar-refractivity contribution in [2.75, 3.05) is 0 Å². The Kier molecular flexibility index (Phi) is 4.46. The van der Waals surface area contributed by atoms with E-state index < -0.39 is 0 Å². The highest BCUT2D eigenvalue weighted by molar-refractivity contribution is 5.56. The SMILES string of the molecule is CC(C=O)N[C@@H](N)C(C)c1ccccc1. The van der Waals surface area contributed by atoms with Gasteiger partial charge < -0.3 is 10.5 Å². The largest absolute Gasteiger partial charge is 0.315 e. The van der Waals surface area contributed by atoms with Gasteiger partial charge in [0.05, 0.1) is 12.2 Å². The highest BCUT2D eigenvalue weighted by Crippen LogP contribution is 2.16. The van der Waals surface area contributed by atoms with Crippen molar-refractivity contribution >= 4 is 6.29 Å². The van der Waals surface area contributed by atoms with Gasteiger partial charge in [0.15, 0.2) is 0 Å². The lowest BCUT2D eigenvalue weighted by atomic mass is 9.98. The van der Waals surface area contributed by atoms with E-state index in [1.54, 1.807) is 6.92 Å². The fourth-order valence-corrected chi connectivity index (χ4v) is 1.45. The van der Waals surface area contributed by atoms with Gasteiger partial charge in [0.1, 0.15) is 6.29 Å². The molecule has 0 fully saturated rings. The molecule has 0 saturated heterocycles. The topological polar surface area (TPSA) is 55.1 Å². The number of hydrogen-bond acceptors (Lipinski definition) is 3. The maximum absolute atomic E-state index is 10.5. The zero-order valence-electron chi connectivity index (χ0n) is 9.18. The molecule has 0 radical (unpaired) electrons. The molecule has 3 heteroatoms. The van der Waals surface area contributed by atoms with Gasteiger partial charge in [-0.25, -0.2) is 0 Å². The van der Waals surface area contributed by atoms with E-state index in [-0.39, 0.29) is 18.1 Å². The van der Waals surface area contributed by atoms with Crippen molar-refractivity contribution in [3.63, 3.8) is 0 Å². The first kappa shape index (κ1) is 11.9.